The third-order valence-corrected chi connectivity index (χ3v) is 5.14. The van der Waals surface area contributed by atoms with Gasteiger partial charge in [-0.1, -0.05) is 6.07 Å². The second-order valence-electron chi connectivity index (χ2n) is 4.75. The number of aromatic nitrogens is 3. The van der Waals surface area contributed by atoms with Gasteiger partial charge in [-0.3, -0.25) is 10.1 Å². The lowest BCUT2D eigenvalue weighted by Crippen LogP contribution is -2.33. The lowest BCUT2D eigenvalue weighted by molar-refractivity contribution is 0.394. The molecule has 0 atom stereocenters. The third-order valence-electron chi connectivity index (χ3n) is 3.22. The molecule has 2 aromatic heterocycles. The monoisotopic (exact) mass is 293 g/mol. The highest BCUT2D eigenvalue weighted by Gasteiger charge is 2.39. The molecule has 0 saturated heterocycles. The molecule has 1 fully saturated rings. The van der Waals surface area contributed by atoms with Gasteiger partial charge in [0.1, 0.15) is 10.7 Å². The van der Waals surface area contributed by atoms with Gasteiger partial charge in [-0.25, -0.2) is 8.42 Å². The van der Waals surface area contributed by atoms with E-state index in [4.69, 9.17) is 5.73 Å². The average Bonchev–Trinajstić information content (AvgIpc) is 3.18. The van der Waals surface area contributed by atoms with Gasteiger partial charge >= 0.3 is 0 Å². The molecule has 0 bridgehead atoms. The Balaban J connectivity index is 1.93. The first-order valence-electron chi connectivity index (χ1n) is 6.29. The Morgan fingerprint density at radius 1 is 1.40 bits per heavy atom. The molecule has 1 aliphatic rings. The quantitative estimate of drug-likeness (QED) is 0.846. The molecule has 8 heteroatoms. The molecular formula is C12H15N5O2S. The summed E-state index contributed by atoms with van der Waals surface area (Å²) in [6.45, 7) is 0.248. The van der Waals surface area contributed by atoms with Gasteiger partial charge in [0.05, 0.1) is 18.4 Å². The number of rotatable bonds is 5. The van der Waals surface area contributed by atoms with Crippen molar-refractivity contribution >= 4 is 15.8 Å². The van der Waals surface area contributed by atoms with Crippen LogP contribution in [0.2, 0.25) is 0 Å². The molecule has 0 aliphatic heterocycles. The maximum atomic E-state index is 12.7. The number of nitrogen functional groups attached to an aromatic ring is 1. The molecule has 0 radical (unpaired) electrons. The second-order valence-corrected chi connectivity index (χ2v) is 6.61. The van der Waals surface area contributed by atoms with E-state index < -0.39 is 10.0 Å². The standard InChI is InChI=1S/C12H15N5O2S/c13-12-11(7-15-16-12)20(18,19)17(10-4-5-10)8-9-3-1-2-6-14-9/h1-3,6-7,10H,4-5,8H2,(H3,13,15,16). The lowest BCUT2D eigenvalue weighted by Gasteiger charge is -2.20. The Hall–Kier alpha value is -1.93. The summed E-state index contributed by atoms with van der Waals surface area (Å²) in [5.41, 5.74) is 6.35. The topological polar surface area (TPSA) is 105 Å². The predicted octanol–water partition coefficient (Wildman–Crippen LogP) is 0.740. The first kappa shape index (κ1) is 13.1. The fraction of sp³-hybridized carbons (Fsp3) is 0.333. The number of hydrogen-bond acceptors (Lipinski definition) is 5. The summed E-state index contributed by atoms with van der Waals surface area (Å²) in [6.07, 6.45) is 4.63. The Morgan fingerprint density at radius 2 is 2.20 bits per heavy atom. The molecular weight excluding hydrogens is 278 g/mol. The van der Waals surface area contributed by atoms with Gasteiger partial charge in [-0.15, -0.1) is 0 Å². The normalized spacial score (nSPS) is 15.7. The molecule has 2 heterocycles. The number of nitrogens with one attached hydrogen (secondary N) is 1. The number of nitrogens with zero attached hydrogens (tertiary/aromatic N) is 3. The molecule has 7 nitrogen and oxygen atoms in total. The van der Waals surface area contributed by atoms with Crippen molar-refractivity contribution in [3.63, 3.8) is 0 Å². The summed E-state index contributed by atoms with van der Waals surface area (Å²) in [5, 5.41) is 6.14. The van der Waals surface area contributed by atoms with Crippen molar-refractivity contribution in [3.8, 4) is 0 Å². The van der Waals surface area contributed by atoms with Gasteiger partial charge in [-0.05, 0) is 25.0 Å². The van der Waals surface area contributed by atoms with Crippen LogP contribution in [0.5, 0.6) is 0 Å². The van der Waals surface area contributed by atoms with Gasteiger partial charge in [0, 0.05) is 12.2 Å². The number of H-pyrrole nitrogens is 1. The van der Waals surface area contributed by atoms with E-state index in [1.165, 1.54) is 10.5 Å². The number of anilines is 1. The van der Waals surface area contributed by atoms with Crippen molar-refractivity contribution in [3.05, 3.63) is 36.3 Å². The Bertz CT molecular complexity index is 694. The molecule has 1 saturated carbocycles. The summed E-state index contributed by atoms with van der Waals surface area (Å²) >= 11 is 0. The van der Waals surface area contributed by atoms with Crippen LogP contribution in [0.4, 0.5) is 5.82 Å². The molecule has 0 amide bonds. The zero-order valence-corrected chi connectivity index (χ0v) is 11.5. The number of sulfonamides is 1. The largest absolute Gasteiger partial charge is 0.383 e. The first-order valence-corrected chi connectivity index (χ1v) is 7.73. The minimum atomic E-state index is -3.65. The molecule has 0 spiro atoms. The molecule has 3 N–H and O–H groups in total. The van der Waals surface area contributed by atoms with E-state index in [1.807, 2.05) is 12.1 Å². The van der Waals surface area contributed by atoms with Crippen LogP contribution in [0.3, 0.4) is 0 Å². The minimum Gasteiger partial charge on any atom is -0.383 e. The van der Waals surface area contributed by atoms with Crippen LogP contribution >= 0.6 is 0 Å². The van der Waals surface area contributed by atoms with Crippen LogP contribution in [0.25, 0.3) is 0 Å². The molecule has 2 aromatic rings. The number of hydrogen-bond donors (Lipinski definition) is 2. The molecule has 106 valence electrons. The van der Waals surface area contributed by atoms with Crippen LogP contribution in [0, 0.1) is 0 Å². The van der Waals surface area contributed by atoms with E-state index in [0.717, 1.165) is 12.8 Å². The zero-order chi connectivity index (χ0) is 14.2. The van der Waals surface area contributed by atoms with Gasteiger partial charge < -0.3 is 5.73 Å². The average molecular weight is 293 g/mol. The van der Waals surface area contributed by atoms with Crippen molar-refractivity contribution in [2.45, 2.75) is 30.3 Å². The maximum Gasteiger partial charge on any atom is 0.248 e. The van der Waals surface area contributed by atoms with Gasteiger partial charge in [0.2, 0.25) is 10.0 Å². The minimum absolute atomic E-state index is 0.0244. The number of nitrogens with two attached hydrogens (primary N) is 1. The fourth-order valence-electron chi connectivity index (χ4n) is 2.04. The Kier molecular flexibility index (Phi) is 3.19. The van der Waals surface area contributed by atoms with Crippen molar-refractivity contribution in [2.24, 2.45) is 0 Å². The SMILES string of the molecule is Nc1[nH]ncc1S(=O)(=O)N(Cc1ccccn1)C1CC1. The summed E-state index contributed by atoms with van der Waals surface area (Å²) in [7, 11) is -3.65. The zero-order valence-electron chi connectivity index (χ0n) is 10.7. The Labute approximate surface area is 116 Å². The highest BCUT2D eigenvalue weighted by atomic mass is 32.2. The molecule has 0 aromatic carbocycles. The highest BCUT2D eigenvalue weighted by molar-refractivity contribution is 7.89. The summed E-state index contributed by atoms with van der Waals surface area (Å²) in [5.74, 6) is 0.0664. The summed E-state index contributed by atoms with van der Waals surface area (Å²) < 4.78 is 26.8. The summed E-state index contributed by atoms with van der Waals surface area (Å²) in [4.78, 5) is 4.21. The second kappa shape index (κ2) is 4.88. The lowest BCUT2D eigenvalue weighted by atomic mass is 10.3. The van der Waals surface area contributed by atoms with Crippen molar-refractivity contribution in [2.75, 3.05) is 5.73 Å². The van der Waals surface area contributed by atoms with Crippen LogP contribution in [0.15, 0.2) is 35.5 Å². The number of pyridine rings is 1. The van der Waals surface area contributed by atoms with Gasteiger partial charge in [0.15, 0.2) is 0 Å². The maximum absolute atomic E-state index is 12.7. The van der Waals surface area contributed by atoms with Crippen LogP contribution < -0.4 is 5.73 Å². The van der Waals surface area contributed by atoms with Crippen molar-refractivity contribution in [1.82, 2.24) is 19.5 Å². The Morgan fingerprint density at radius 3 is 2.75 bits per heavy atom. The van der Waals surface area contributed by atoms with Crippen LogP contribution in [-0.4, -0.2) is 33.9 Å². The van der Waals surface area contributed by atoms with Crippen molar-refractivity contribution < 1.29 is 8.42 Å². The van der Waals surface area contributed by atoms with E-state index in [9.17, 15) is 8.42 Å². The number of aromatic amines is 1. The van der Waals surface area contributed by atoms with Crippen molar-refractivity contribution in [1.29, 1.82) is 0 Å². The van der Waals surface area contributed by atoms with E-state index in [-0.39, 0.29) is 23.3 Å². The van der Waals surface area contributed by atoms with Crippen LogP contribution in [0.1, 0.15) is 18.5 Å². The molecule has 3 rings (SSSR count). The highest BCUT2D eigenvalue weighted by Crippen LogP contribution is 2.34. The molecule has 1 aliphatic carbocycles. The van der Waals surface area contributed by atoms with Gasteiger partial charge in [0.25, 0.3) is 0 Å². The van der Waals surface area contributed by atoms with Gasteiger partial charge in [-0.2, -0.15) is 9.40 Å². The third kappa shape index (κ3) is 2.39. The molecule has 0 unspecified atom stereocenters. The van der Waals surface area contributed by atoms with E-state index in [0.29, 0.717) is 5.69 Å². The van der Waals surface area contributed by atoms with E-state index in [2.05, 4.69) is 15.2 Å². The molecule has 20 heavy (non-hydrogen) atoms. The smallest absolute Gasteiger partial charge is 0.248 e. The summed E-state index contributed by atoms with van der Waals surface area (Å²) in [6, 6.07) is 5.47. The first-order chi connectivity index (χ1) is 9.59. The van der Waals surface area contributed by atoms with E-state index in [1.54, 1.807) is 12.3 Å². The van der Waals surface area contributed by atoms with E-state index >= 15 is 0 Å². The fourth-order valence-corrected chi connectivity index (χ4v) is 3.71. The predicted molar refractivity (Wildman–Crippen MR) is 73.0 cm³/mol. The van der Waals surface area contributed by atoms with Crippen LogP contribution in [-0.2, 0) is 16.6 Å².